The molecule has 0 saturated carbocycles. The minimum Gasteiger partial charge on any atom is -0.488 e. The van der Waals surface area contributed by atoms with Crippen molar-refractivity contribution in [3.63, 3.8) is 0 Å². The Morgan fingerprint density at radius 2 is 1.60 bits per heavy atom. The van der Waals surface area contributed by atoms with Crippen LogP contribution in [0.2, 0.25) is 5.02 Å². The minimum absolute atomic E-state index is 0.00789. The van der Waals surface area contributed by atoms with Crippen LogP contribution < -0.4 is 9.47 Å². The fourth-order valence-corrected chi connectivity index (χ4v) is 7.31. The predicted molar refractivity (Wildman–Crippen MR) is 217 cm³/mol. The molecule has 4 aromatic rings. The Morgan fingerprint density at radius 3 is 2.31 bits per heavy atom. The molecule has 2 aliphatic heterocycles. The molecule has 0 bridgehead atoms. The number of hydrogen-bond donors (Lipinski definition) is 1. The highest BCUT2D eigenvalue weighted by Crippen LogP contribution is 2.37. The van der Waals surface area contributed by atoms with Crippen LogP contribution in [0.5, 0.6) is 11.5 Å². The molecule has 2 fully saturated rings. The van der Waals surface area contributed by atoms with E-state index >= 15 is 0 Å². The fourth-order valence-electron chi connectivity index (χ4n) is 7.07. The Morgan fingerprint density at radius 1 is 0.897 bits per heavy atom. The molecule has 2 aliphatic rings. The van der Waals surface area contributed by atoms with Crippen LogP contribution in [0.4, 0.5) is 4.79 Å². The lowest BCUT2D eigenvalue weighted by atomic mass is 9.91. The van der Waals surface area contributed by atoms with Gasteiger partial charge in [0.2, 0.25) is 0 Å². The van der Waals surface area contributed by atoms with E-state index in [9.17, 15) is 24.8 Å². The number of piperazine rings is 1. The molecular weight excluding hydrogens is 762 g/mol. The van der Waals surface area contributed by atoms with Gasteiger partial charge in [-0.05, 0) is 80.6 Å². The summed E-state index contributed by atoms with van der Waals surface area (Å²) in [6, 6.07) is 17.9. The molecule has 3 heterocycles. The molecule has 6 rings (SSSR count). The Kier molecular flexibility index (Phi) is 13.2. The summed E-state index contributed by atoms with van der Waals surface area (Å²) < 4.78 is 23.7. The second-order valence-corrected chi connectivity index (χ2v) is 15.8. The van der Waals surface area contributed by atoms with Crippen molar-refractivity contribution < 1.29 is 38.4 Å². The summed E-state index contributed by atoms with van der Waals surface area (Å²) in [5, 5.41) is 19.9. The molecule has 0 radical (unpaired) electrons. The van der Waals surface area contributed by atoms with E-state index in [2.05, 4.69) is 11.1 Å². The number of rotatable bonds is 11. The van der Waals surface area contributed by atoms with E-state index in [1.165, 1.54) is 11.1 Å². The van der Waals surface area contributed by atoms with Crippen LogP contribution in [0.15, 0.2) is 67.0 Å². The standard InChI is InChI=1S/C44H48ClN5O8/c1-28-32(8-6-9-34(28)35-10-7-11-36(29(35)2)41(51)48-14-16-55-17-15-48)27-57-40-20-39(56-26-31-18-30(21-46)22-47-23-31)33(19-37(40)45)24-49-12-13-50(25-38(49)42(52)53)43(54)58-44(3,4)5/h6-11,18-20,22-23,38H,12-17,24-27H2,1-5H3,(H,52,53)/t38-/m0/s1. The van der Waals surface area contributed by atoms with E-state index in [4.69, 9.17) is 30.5 Å². The number of carboxylic acids is 1. The van der Waals surface area contributed by atoms with Crippen LogP contribution >= 0.6 is 11.6 Å². The summed E-state index contributed by atoms with van der Waals surface area (Å²) in [5.41, 5.74) is 6.33. The highest BCUT2D eigenvalue weighted by atomic mass is 35.5. The van der Waals surface area contributed by atoms with Gasteiger partial charge in [0.05, 0.1) is 30.3 Å². The third kappa shape index (κ3) is 10.1. The van der Waals surface area contributed by atoms with Crippen molar-refractivity contribution in [2.24, 2.45) is 0 Å². The van der Waals surface area contributed by atoms with Crippen molar-refractivity contribution in [3.05, 3.63) is 111 Å². The maximum atomic E-state index is 13.5. The van der Waals surface area contributed by atoms with Gasteiger partial charge in [-0.3, -0.25) is 19.5 Å². The molecule has 1 aromatic heterocycles. The zero-order valence-electron chi connectivity index (χ0n) is 33.4. The molecular formula is C44H48ClN5O8. The van der Waals surface area contributed by atoms with Gasteiger partial charge in [-0.2, -0.15) is 5.26 Å². The Labute approximate surface area is 343 Å². The average molecular weight is 810 g/mol. The number of halogens is 1. The summed E-state index contributed by atoms with van der Waals surface area (Å²) in [7, 11) is 0. The molecule has 58 heavy (non-hydrogen) atoms. The number of morpholine rings is 1. The van der Waals surface area contributed by atoms with E-state index in [-0.39, 0.29) is 45.3 Å². The molecule has 3 aromatic carbocycles. The lowest BCUT2D eigenvalue weighted by molar-refractivity contribution is -0.145. The molecule has 1 N–H and O–H groups in total. The molecule has 304 valence electrons. The largest absolute Gasteiger partial charge is 0.488 e. The van der Waals surface area contributed by atoms with Crippen LogP contribution in [0, 0.1) is 25.2 Å². The number of amides is 2. The van der Waals surface area contributed by atoms with E-state index in [0.29, 0.717) is 65.1 Å². The molecule has 0 spiro atoms. The van der Waals surface area contributed by atoms with E-state index in [1.807, 2.05) is 55.1 Å². The number of carbonyl (C=O) groups excluding carboxylic acids is 2. The summed E-state index contributed by atoms with van der Waals surface area (Å²) >= 11 is 6.89. The van der Waals surface area contributed by atoms with Crippen molar-refractivity contribution in [2.45, 2.75) is 66.0 Å². The summed E-state index contributed by atoms with van der Waals surface area (Å²) in [6.07, 6.45) is 2.51. The number of carboxylic acid groups (broad SMARTS) is 1. The normalized spacial score (nSPS) is 16.1. The predicted octanol–water partition coefficient (Wildman–Crippen LogP) is 7.03. The van der Waals surface area contributed by atoms with Gasteiger partial charge in [-0.25, -0.2) is 4.79 Å². The number of nitrogens with zero attached hydrogens (tertiary/aromatic N) is 5. The highest BCUT2D eigenvalue weighted by molar-refractivity contribution is 6.32. The van der Waals surface area contributed by atoms with Gasteiger partial charge in [0.1, 0.15) is 42.4 Å². The first-order valence-electron chi connectivity index (χ1n) is 19.1. The van der Waals surface area contributed by atoms with Gasteiger partial charge in [-0.1, -0.05) is 41.9 Å². The number of nitriles is 1. The maximum absolute atomic E-state index is 13.5. The molecule has 0 unspecified atom stereocenters. The molecule has 14 heteroatoms. The van der Waals surface area contributed by atoms with Gasteiger partial charge >= 0.3 is 12.1 Å². The summed E-state index contributed by atoms with van der Waals surface area (Å²) in [5.74, 6) is -0.327. The quantitative estimate of drug-likeness (QED) is 0.166. The number of pyridine rings is 1. The third-order valence-electron chi connectivity index (χ3n) is 10.2. The number of aromatic nitrogens is 1. The zero-order chi connectivity index (χ0) is 41.6. The number of benzene rings is 3. The SMILES string of the molecule is Cc1c(COc2cc(OCc3cncc(C#N)c3)c(CN3CCN(C(=O)OC(C)(C)C)C[C@H]3C(=O)O)cc2Cl)cccc1-c1cccc(C(=O)N2CCOCC2)c1C. The number of hydrogen-bond acceptors (Lipinski definition) is 10. The van der Waals surface area contributed by atoms with Crippen molar-refractivity contribution in [1.82, 2.24) is 19.7 Å². The Hall–Kier alpha value is -5.68. The van der Waals surface area contributed by atoms with Crippen molar-refractivity contribution in [2.75, 3.05) is 45.9 Å². The first kappa shape index (κ1) is 41.9. The van der Waals surface area contributed by atoms with Crippen molar-refractivity contribution >= 4 is 29.6 Å². The average Bonchev–Trinajstić information content (AvgIpc) is 3.20. The van der Waals surface area contributed by atoms with Gasteiger partial charge in [0.25, 0.3) is 5.91 Å². The monoisotopic (exact) mass is 809 g/mol. The second-order valence-electron chi connectivity index (χ2n) is 15.4. The van der Waals surface area contributed by atoms with Crippen LogP contribution in [0.3, 0.4) is 0 Å². The van der Waals surface area contributed by atoms with Gasteiger partial charge in [0, 0.05) is 67.9 Å². The molecule has 13 nitrogen and oxygen atoms in total. The van der Waals surface area contributed by atoms with Crippen LogP contribution in [-0.4, -0.2) is 100 Å². The minimum atomic E-state index is -1.08. The fraction of sp³-hybridized carbons (Fsp3) is 0.386. The molecule has 2 amide bonds. The first-order valence-corrected chi connectivity index (χ1v) is 19.5. The highest BCUT2D eigenvalue weighted by Gasteiger charge is 2.36. The van der Waals surface area contributed by atoms with Gasteiger partial charge < -0.3 is 33.9 Å². The topological polar surface area (TPSA) is 155 Å². The zero-order valence-corrected chi connectivity index (χ0v) is 34.2. The first-order chi connectivity index (χ1) is 27.7. The molecule has 2 saturated heterocycles. The van der Waals surface area contributed by atoms with Crippen molar-refractivity contribution in [3.8, 4) is 28.7 Å². The van der Waals surface area contributed by atoms with Crippen LogP contribution in [0.25, 0.3) is 11.1 Å². The van der Waals surface area contributed by atoms with E-state index in [0.717, 1.165) is 27.8 Å². The lowest BCUT2D eigenvalue weighted by Gasteiger charge is -2.39. The maximum Gasteiger partial charge on any atom is 0.410 e. The van der Waals surface area contributed by atoms with Gasteiger partial charge in [0.15, 0.2) is 0 Å². The number of ether oxygens (including phenoxy) is 4. The van der Waals surface area contributed by atoms with Crippen LogP contribution in [0.1, 0.15) is 64.5 Å². The Balaban J connectivity index is 1.25. The van der Waals surface area contributed by atoms with Crippen LogP contribution in [-0.2, 0) is 34.0 Å². The molecule has 1 atom stereocenters. The summed E-state index contributed by atoms with van der Waals surface area (Å²) in [4.78, 5) is 48.0. The second kappa shape index (κ2) is 18.3. The number of carbonyl (C=O) groups is 3. The summed E-state index contributed by atoms with van der Waals surface area (Å²) in [6.45, 7) is 12.3. The number of aliphatic carboxylic acids is 1. The van der Waals surface area contributed by atoms with Gasteiger partial charge in [-0.15, -0.1) is 0 Å². The van der Waals surface area contributed by atoms with Crippen molar-refractivity contribution in [1.29, 1.82) is 5.26 Å². The third-order valence-corrected chi connectivity index (χ3v) is 10.5. The van der Waals surface area contributed by atoms with E-state index < -0.39 is 23.7 Å². The Bertz CT molecular complexity index is 2210. The smallest absolute Gasteiger partial charge is 0.410 e. The molecule has 0 aliphatic carbocycles. The lowest BCUT2D eigenvalue weighted by Crippen LogP contribution is -2.57. The van der Waals surface area contributed by atoms with E-state index in [1.54, 1.807) is 50.1 Å².